The molecule has 0 aliphatic carbocycles. The maximum atomic E-state index is 14.2. The van der Waals surface area contributed by atoms with Crippen LogP contribution in [0, 0.1) is 20.2 Å². The molecule has 0 aromatic heterocycles. The highest BCUT2D eigenvalue weighted by Crippen LogP contribution is 2.43. The average Bonchev–Trinajstić information content (AvgIpc) is 3.20. The van der Waals surface area contributed by atoms with Crippen molar-refractivity contribution >= 4 is 68.0 Å². The van der Waals surface area contributed by atoms with E-state index < -0.39 is 39.1 Å². The summed E-state index contributed by atoms with van der Waals surface area (Å²) in [5, 5.41) is 25.9. The molecular weight excluding hydrogens is 806 g/mol. The van der Waals surface area contributed by atoms with E-state index in [1.165, 1.54) is 36.3 Å². The minimum absolute atomic E-state index is 0.0164. The molecule has 0 spiro atoms. The minimum atomic E-state index is -0.860. The lowest BCUT2D eigenvalue weighted by atomic mass is 9.99. The molecule has 56 heavy (non-hydrogen) atoms. The van der Waals surface area contributed by atoms with Gasteiger partial charge in [-0.3, -0.25) is 39.5 Å². The zero-order valence-electron chi connectivity index (χ0n) is 29.8. The monoisotopic (exact) mass is 837 g/mol. The van der Waals surface area contributed by atoms with Gasteiger partial charge in [0.05, 0.1) is 39.3 Å². The van der Waals surface area contributed by atoms with E-state index in [1.807, 2.05) is 60.7 Å². The van der Waals surface area contributed by atoms with Gasteiger partial charge in [-0.2, -0.15) is 4.99 Å². The highest BCUT2D eigenvalue weighted by Gasteiger charge is 2.35. The van der Waals surface area contributed by atoms with Crippen molar-refractivity contribution in [2.45, 2.75) is 13.0 Å². The number of rotatable bonds is 14. The molecule has 0 saturated heterocycles. The third-order valence-corrected chi connectivity index (χ3v) is 9.57. The molecule has 0 saturated carbocycles. The number of amidine groups is 1. The van der Waals surface area contributed by atoms with E-state index in [1.54, 1.807) is 25.2 Å². The van der Waals surface area contributed by atoms with Crippen LogP contribution in [0.5, 0.6) is 17.2 Å². The number of methoxy groups -OCH3 is 1. The molecule has 0 radical (unpaired) electrons. The fourth-order valence-corrected chi connectivity index (χ4v) is 6.79. The van der Waals surface area contributed by atoms with E-state index in [-0.39, 0.29) is 49.7 Å². The Morgan fingerprint density at radius 3 is 2.21 bits per heavy atom. The van der Waals surface area contributed by atoms with E-state index in [4.69, 9.17) is 9.47 Å². The maximum absolute atomic E-state index is 14.2. The largest absolute Gasteiger partial charge is 0.493 e. The van der Waals surface area contributed by atoms with Crippen molar-refractivity contribution in [1.82, 2.24) is 10.2 Å². The topological polar surface area (TPSA) is 184 Å². The van der Waals surface area contributed by atoms with Crippen LogP contribution in [0.3, 0.4) is 0 Å². The maximum Gasteiger partial charge on any atom is 0.318 e. The summed E-state index contributed by atoms with van der Waals surface area (Å²) in [7, 11) is 1.31. The molecule has 1 aliphatic rings. The molecule has 1 heterocycles. The Balaban J connectivity index is 1.45. The number of aliphatic imine (C=N–C) groups is 1. The number of non-ortho nitro benzene ring substituents is 1. The fraction of sp³-hybridized carbons (Fsp3) is 0.100. The number of ether oxygens (including phenoxy) is 2. The van der Waals surface area contributed by atoms with Crippen LogP contribution in [-0.2, 0) is 14.4 Å². The van der Waals surface area contributed by atoms with E-state index >= 15 is 0 Å². The Kier molecular flexibility index (Phi) is 13.5. The van der Waals surface area contributed by atoms with Gasteiger partial charge >= 0.3 is 5.69 Å². The van der Waals surface area contributed by atoms with Crippen molar-refractivity contribution in [2.75, 3.05) is 12.9 Å². The number of hydrogen-bond acceptors (Lipinski definition) is 10. The average molecular weight is 839 g/mol. The number of nitro benzene ring substituents is 2. The highest BCUT2D eigenvalue weighted by atomic mass is 79.9. The third-order valence-electron chi connectivity index (χ3n) is 8.04. The van der Waals surface area contributed by atoms with Gasteiger partial charge in [-0.1, -0.05) is 97.2 Å². The molecule has 0 unspecified atom stereocenters. The fourth-order valence-electron chi connectivity index (χ4n) is 5.44. The van der Waals surface area contributed by atoms with Gasteiger partial charge < -0.3 is 14.8 Å². The lowest BCUT2D eigenvalue weighted by molar-refractivity contribution is -0.394. The van der Waals surface area contributed by atoms with Gasteiger partial charge in [0.15, 0.2) is 16.7 Å². The molecule has 1 N–H and O–H groups in total. The van der Waals surface area contributed by atoms with Crippen molar-refractivity contribution in [3.63, 3.8) is 0 Å². The molecule has 14 nitrogen and oxygen atoms in total. The van der Waals surface area contributed by atoms with Gasteiger partial charge in [-0.25, -0.2) is 0 Å². The molecule has 284 valence electrons. The molecule has 0 fully saturated rings. The Hall–Kier alpha value is -6.65. The van der Waals surface area contributed by atoms with E-state index in [2.05, 4.69) is 32.8 Å². The van der Waals surface area contributed by atoms with Crippen molar-refractivity contribution in [3.05, 3.63) is 175 Å². The lowest BCUT2D eigenvalue weighted by Gasteiger charge is -2.28. The molecule has 3 amide bonds. The first-order valence-electron chi connectivity index (χ1n) is 16.6. The number of amides is 3. The van der Waals surface area contributed by atoms with Crippen LogP contribution < -0.4 is 14.8 Å². The second-order valence-corrected chi connectivity index (χ2v) is 13.4. The number of carbonyl (C=O) groups excluding carboxylic acids is 3. The highest BCUT2D eigenvalue weighted by molar-refractivity contribution is 9.10. The summed E-state index contributed by atoms with van der Waals surface area (Å²) in [6.07, 6.45) is 7.68. The lowest BCUT2D eigenvalue weighted by Crippen LogP contribution is -2.42. The van der Waals surface area contributed by atoms with Gasteiger partial charge in [0.1, 0.15) is 5.57 Å². The zero-order valence-corrected chi connectivity index (χ0v) is 32.2. The second-order valence-electron chi connectivity index (χ2n) is 11.6. The van der Waals surface area contributed by atoms with Crippen LogP contribution in [-0.4, -0.2) is 50.5 Å². The Morgan fingerprint density at radius 2 is 1.64 bits per heavy atom. The van der Waals surface area contributed by atoms with Gasteiger partial charge in [-0.05, 0) is 69.9 Å². The summed E-state index contributed by atoms with van der Waals surface area (Å²) in [6.45, 7) is 5.39. The number of hydrogen-bond donors (Lipinski definition) is 1. The van der Waals surface area contributed by atoms with E-state index in [0.717, 1.165) is 41.1 Å². The number of halogens is 1. The number of carbonyl (C=O) groups is 3. The van der Waals surface area contributed by atoms with E-state index in [0.29, 0.717) is 5.70 Å². The van der Waals surface area contributed by atoms with Crippen molar-refractivity contribution < 1.29 is 33.7 Å². The summed E-state index contributed by atoms with van der Waals surface area (Å²) < 4.78 is 11.5. The number of allylic oxidation sites excluding steroid dienone is 4. The van der Waals surface area contributed by atoms with Crippen molar-refractivity contribution in [3.8, 4) is 17.2 Å². The number of thioether (sulfide) groups is 1. The van der Waals surface area contributed by atoms with E-state index in [9.17, 15) is 34.6 Å². The van der Waals surface area contributed by atoms with Crippen LogP contribution in [0.2, 0.25) is 0 Å². The first kappa shape index (κ1) is 40.5. The van der Waals surface area contributed by atoms with Crippen LogP contribution >= 0.6 is 27.7 Å². The number of nitro groups is 2. The van der Waals surface area contributed by atoms with Gasteiger partial charge in [-0.15, -0.1) is 0 Å². The molecule has 4 aromatic carbocycles. The first-order valence-corrected chi connectivity index (χ1v) is 18.4. The summed E-state index contributed by atoms with van der Waals surface area (Å²) in [5.74, 6) is -2.39. The van der Waals surface area contributed by atoms with Crippen LogP contribution in [0.15, 0.2) is 143 Å². The first-order chi connectivity index (χ1) is 26.9. The van der Waals surface area contributed by atoms with Crippen LogP contribution in [0.4, 0.5) is 11.4 Å². The third kappa shape index (κ3) is 9.52. The molecular formula is C40H32BrN5O9S. The van der Waals surface area contributed by atoms with Crippen molar-refractivity contribution in [2.24, 2.45) is 4.99 Å². The van der Waals surface area contributed by atoms with Crippen LogP contribution in [0.25, 0.3) is 6.08 Å². The van der Waals surface area contributed by atoms with Gasteiger partial charge in [0.2, 0.25) is 11.7 Å². The molecule has 4 aromatic rings. The Labute approximate surface area is 333 Å². The molecule has 0 bridgehead atoms. The number of nitrogens with zero attached hydrogens (tertiary/aromatic N) is 4. The Bertz CT molecular complexity index is 2290. The standard InChI is InChI=1S/C40H32BrN5O9S/c1-4-6-17-28(5-2)44-39(49)30(20-25-21-31(41)37(34(22-25)54-3)55-33-19-18-29(45(50)51)23-32(33)46(52)53)38(48)43-40(44)56-24-35(47)42-36(26-13-9-7-10-14-26)27-15-11-8-12-16-27/h4-23,36H,1,24H2,2-3H3,(H,42,47)/b17-6-,28-5+,30-20+. The summed E-state index contributed by atoms with van der Waals surface area (Å²) in [6, 6.07) is 24.3. The summed E-state index contributed by atoms with van der Waals surface area (Å²) in [5.41, 5.74) is 0.925. The molecule has 1 aliphatic heterocycles. The summed E-state index contributed by atoms with van der Waals surface area (Å²) >= 11 is 4.29. The molecule has 0 atom stereocenters. The van der Waals surface area contributed by atoms with Crippen LogP contribution in [0.1, 0.15) is 29.7 Å². The number of nitrogens with one attached hydrogen (secondary N) is 1. The van der Waals surface area contributed by atoms with Crippen molar-refractivity contribution in [1.29, 1.82) is 0 Å². The normalized spacial score (nSPS) is 13.9. The minimum Gasteiger partial charge on any atom is -0.493 e. The molecule has 16 heteroatoms. The quantitative estimate of drug-likeness (QED) is 0.0425. The predicted molar refractivity (Wildman–Crippen MR) is 216 cm³/mol. The number of benzene rings is 4. The smallest absolute Gasteiger partial charge is 0.318 e. The van der Waals surface area contributed by atoms with Gasteiger partial charge in [0.25, 0.3) is 17.5 Å². The SMILES string of the molecule is C=C/C=C\C(=C/C)N1C(=O)/C(=C/c2cc(Br)c(Oc3ccc([N+](=O)[O-])cc3[N+](=O)[O-])c(OC)c2)C(=O)N=C1SCC(=O)NC(c1ccccc1)c1ccccc1. The zero-order chi connectivity index (χ0) is 40.4. The summed E-state index contributed by atoms with van der Waals surface area (Å²) in [4.78, 5) is 68.0. The second kappa shape index (κ2) is 18.6. The molecule has 5 rings (SSSR count). The Morgan fingerprint density at radius 1 is 0.982 bits per heavy atom. The van der Waals surface area contributed by atoms with Gasteiger partial charge in [0, 0.05) is 11.8 Å². The predicted octanol–water partition coefficient (Wildman–Crippen LogP) is 8.46.